The quantitative estimate of drug-likeness (QED) is 0.501. The number of fused-ring (bicyclic) bond motifs is 1. The Bertz CT molecular complexity index is 1150. The normalized spacial score (nSPS) is 16.8. The van der Waals surface area contributed by atoms with Gasteiger partial charge in [-0.25, -0.2) is 14.6 Å². The molecule has 0 amide bonds. The minimum Gasteiger partial charge on any atom is -0.399 e. The third-order valence-electron chi connectivity index (χ3n) is 5.12. The Hall–Kier alpha value is -3.45. The predicted molar refractivity (Wildman–Crippen MR) is 114 cm³/mol. The van der Waals surface area contributed by atoms with Crippen LogP contribution in [-0.4, -0.2) is 26.4 Å². The first-order valence-electron chi connectivity index (χ1n) is 9.81. The average Bonchev–Trinajstić information content (AvgIpc) is 3.18. The minimum atomic E-state index is 0.00247. The Morgan fingerprint density at radius 3 is 2.93 bits per heavy atom. The summed E-state index contributed by atoms with van der Waals surface area (Å²) in [6.07, 6.45) is 6.92. The van der Waals surface area contributed by atoms with Gasteiger partial charge >= 0.3 is 0 Å². The lowest BCUT2D eigenvalue weighted by atomic mass is 10.1. The second-order valence-corrected chi connectivity index (χ2v) is 7.20. The molecule has 1 atom stereocenters. The molecule has 0 spiro atoms. The molecule has 29 heavy (non-hydrogen) atoms. The number of hydrogen-bond donors (Lipinski definition) is 2. The summed E-state index contributed by atoms with van der Waals surface area (Å²) in [6.45, 7) is 0.788. The van der Waals surface area contributed by atoms with E-state index in [1.165, 1.54) is 0 Å². The van der Waals surface area contributed by atoms with Crippen molar-refractivity contribution in [1.82, 2.24) is 19.7 Å². The molecular formula is C22H22N6O. The molecule has 2 aromatic carbocycles. The van der Waals surface area contributed by atoms with Crippen molar-refractivity contribution in [1.29, 1.82) is 0 Å². The number of hydrogen-bond acceptors (Lipinski definition) is 6. The number of rotatable bonds is 4. The number of anilines is 3. The lowest BCUT2D eigenvalue weighted by Gasteiger charge is -2.23. The third-order valence-corrected chi connectivity index (χ3v) is 5.12. The lowest BCUT2D eigenvalue weighted by Crippen LogP contribution is -2.18. The minimum absolute atomic E-state index is 0.00247. The molecule has 7 heteroatoms. The molecule has 0 saturated carbocycles. The Kier molecular flexibility index (Phi) is 4.57. The zero-order chi connectivity index (χ0) is 19.6. The molecule has 4 aromatic rings. The van der Waals surface area contributed by atoms with E-state index in [1.807, 2.05) is 41.2 Å². The number of aromatic nitrogens is 4. The first-order chi connectivity index (χ1) is 14.3. The Labute approximate surface area is 168 Å². The van der Waals surface area contributed by atoms with E-state index in [2.05, 4.69) is 38.6 Å². The van der Waals surface area contributed by atoms with Crippen LogP contribution in [0.5, 0.6) is 0 Å². The molecule has 1 aliphatic rings. The standard InChI is InChI=1S/C22H22N6O/c23-17-4-3-5-18(13-17)26-22-24-10-9-19(27-22)15-7-8-16-14-25-28(20(16)12-15)21-6-1-2-11-29-21/h3-5,7-10,12-14,21H,1-2,6,11,23H2,(H,24,26,27). The number of ether oxygens (including phenoxy) is 1. The van der Waals surface area contributed by atoms with Crippen LogP contribution in [0.25, 0.3) is 22.2 Å². The molecule has 1 fully saturated rings. The van der Waals surface area contributed by atoms with E-state index < -0.39 is 0 Å². The van der Waals surface area contributed by atoms with E-state index >= 15 is 0 Å². The molecule has 3 N–H and O–H groups in total. The lowest BCUT2D eigenvalue weighted by molar-refractivity contribution is -0.0366. The van der Waals surface area contributed by atoms with Crippen LogP contribution < -0.4 is 11.1 Å². The molecule has 1 aliphatic heterocycles. The largest absolute Gasteiger partial charge is 0.399 e. The molecule has 0 radical (unpaired) electrons. The Balaban J connectivity index is 1.47. The summed E-state index contributed by atoms with van der Waals surface area (Å²) in [5, 5.41) is 8.87. The van der Waals surface area contributed by atoms with Gasteiger partial charge in [0.2, 0.25) is 5.95 Å². The van der Waals surface area contributed by atoms with E-state index in [-0.39, 0.29) is 6.23 Å². The van der Waals surface area contributed by atoms with E-state index in [0.717, 1.165) is 53.7 Å². The summed E-state index contributed by atoms with van der Waals surface area (Å²) in [5.41, 5.74) is 10.3. The van der Waals surface area contributed by atoms with Crippen LogP contribution in [0.1, 0.15) is 25.5 Å². The Morgan fingerprint density at radius 2 is 2.07 bits per heavy atom. The smallest absolute Gasteiger partial charge is 0.227 e. The molecule has 1 unspecified atom stereocenters. The van der Waals surface area contributed by atoms with E-state index in [9.17, 15) is 0 Å². The third kappa shape index (κ3) is 3.64. The van der Waals surface area contributed by atoms with Gasteiger partial charge in [0.25, 0.3) is 0 Å². The SMILES string of the molecule is Nc1cccc(Nc2nccc(-c3ccc4cnn(C5CCCCO5)c4c3)n2)c1. The zero-order valence-corrected chi connectivity index (χ0v) is 16.0. The molecule has 3 heterocycles. The fourth-order valence-corrected chi connectivity index (χ4v) is 3.67. The summed E-state index contributed by atoms with van der Waals surface area (Å²) in [7, 11) is 0. The van der Waals surface area contributed by atoms with Crippen LogP contribution in [0, 0.1) is 0 Å². The molecule has 0 bridgehead atoms. The van der Waals surface area contributed by atoms with Crippen molar-refractivity contribution >= 4 is 28.2 Å². The van der Waals surface area contributed by atoms with Gasteiger partial charge in [-0.1, -0.05) is 18.2 Å². The Morgan fingerprint density at radius 1 is 1.10 bits per heavy atom. The van der Waals surface area contributed by atoms with Gasteiger partial charge in [0, 0.05) is 35.1 Å². The molecule has 7 nitrogen and oxygen atoms in total. The molecule has 5 rings (SSSR count). The number of nitrogens with two attached hydrogens (primary N) is 1. The molecule has 2 aromatic heterocycles. The summed E-state index contributed by atoms with van der Waals surface area (Å²) in [4.78, 5) is 9.01. The predicted octanol–water partition coefficient (Wildman–Crippen LogP) is 4.52. The number of nitrogen functional groups attached to an aromatic ring is 1. The topological polar surface area (TPSA) is 90.9 Å². The van der Waals surface area contributed by atoms with E-state index in [1.54, 1.807) is 6.20 Å². The number of nitrogens with one attached hydrogen (secondary N) is 1. The zero-order valence-electron chi connectivity index (χ0n) is 16.0. The first kappa shape index (κ1) is 17.6. The summed E-state index contributed by atoms with van der Waals surface area (Å²) < 4.78 is 7.92. The second kappa shape index (κ2) is 7.52. The van der Waals surface area contributed by atoms with Crippen molar-refractivity contribution in [2.24, 2.45) is 0 Å². The maximum Gasteiger partial charge on any atom is 0.227 e. The van der Waals surface area contributed by atoms with Crippen molar-refractivity contribution in [3.8, 4) is 11.3 Å². The summed E-state index contributed by atoms with van der Waals surface area (Å²) in [5.74, 6) is 0.525. The van der Waals surface area contributed by atoms with Gasteiger partial charge in [0.05, 0.1) is 17.4 Å². The molecular weight excluding hydrogens is 364 g/mol. The van der Waals surface area contributed by atoms with Crippen LogP contribution >= 0.6 is 0 Å². The number of benzene rings is 2. The van der Waals surface area contributed by atoms with Crippen molar-refractivity contribution in [2.45, 2.75) is 25.5 Å². The molecule has 0 aliphatic carbocycles. The van der Waals surface area contributed by atoms with Crippen molar-refractivity contribution in [3.63, 3.8) is 0 Å². The van der Waals surface area contributed by atoms with Gasteiger partial charge in [-0.2, -0.15) is 5.10 Å². The highest BCUT2D eigenvalue weighted by Gasteiger charge is 2.18. The van der Waals surface area contributed by atoms with Gasteiger partial charge in [0.1, 0.15) is 0 Å². The van der Waals surface area contributed by atoms with Gasteiger partial charge < -0.3 is 15.8 Å². The maximum atomic E-state index is 5.93. The first-order valence-corrected chi connectivity index (χ1v) is 9.81. The summed E-state index contributed by atoms with van der Waals surface area (Å²) >= 11 is 0. The molecule has 146 valence electrons. The average molecular weight is 386 g/mol. The maximum absolute atomic E-state index is 5.93. The van der Waals surface area contributed by atoms with Crippen LogP contribution in [0.2, 0.25) is 0 Å². The summed E-state index contributed by atoms with van der Waals surface area (Å²) in [6, 6.07) is 15.7. The molecule has 1 saturated heterocycles. The van der Waals surface area contributed by atoms with Gasteiger partial charge in [-0.3, -0.25) is 0 Å². The number of nitrogens with zero attached hydrogens (tertiary/aromatic N) is 4. The second-order valence-electron chi connectivity index (χ2n) is 7.20. The van der Waals surface area contributed by atoms with Gasteiger partial charge in [-0.15, -0.1) is 0 Å². The van der Waals surface area contributed by atoms with Crippen LogP contribution in [0.3, 0.4) is 0 Å². The fourth-order valence-electron chi connectivity index (χ4n) is 3.67. The van der Waals surface area contributed by atoms with Gasteiger partial charge in [-0.05, 0) is 49.6 Å². The van der Waals surface area contributed by atoms with Crippen molar-refractivity contribution in [2.75, 3.05) is 17.7 Å². The van der Waals surface area contributed by atoms with Crippen LogP contribution in [0.4, 0.5) is 17.3 Å². The van der Waals surface area contributed by atoms with Crippen molar-refractivity contribution in [3.05, 3.63) is 60.9 Å². The van der Waals surface area contributed by atoms with E-state index in [4.69, 9.17) is 10.5 Å². The monoisotopic (exact) mass is 386 g/mol. The highest BCUT2D eigenvalue weighted by molar-refractivity contribution is 5.84. The van der Waals surface area contributed by atoms with Crippen LogP contribution in [-0.2, 0) is 4.74 Å². The highest BCUT2D eigenvalue weighted by atomic mass is 16.5. The van der Waals surface area contributed by atoms with Crippen molar-refractivity contribution < 1.29 is 4.74 Å². The van der Waals surface area contributed by atoms with Crippen LogP contribution in [0.15, 0.2) is 60.9 Å². The highest BCUT2D eigenvalue weighted by Crippen LogP contribution is 2.29. The van der Waals surface area contributed by atoms with Gasteiger partial charge in [0.15, 0.2) is 6.23 Å². The van der Waals surface area contributed by atoms with E-state index in [0.29, 0.717) is 11.6 Å². The fraction of sp³-hybridized carbons (Fsp3) is 0.227.